The summed E-state index contributed by atoms with van der Waals surface area (Å²) in [6, 6.07) is 3.86. The van der Waals surface area contributed by atoms with Gasteiger partial charge in [-0.05, 0) is 70.6 Å². The van der Waals surface area contributed by atoms with Gasteiger partial charge in [0.15, 0.2) is 0 Å². The van der Waals surface area contributed by atoms with Crippen molar-refractivity contribution in [2.75, 3.05) is 6.54 Å². The lowest BCUT2D eigenvalue weighted by molar-refractivity contribution is -0.147. The van der Waals surface area contributed by atoms with Gasteiger partial charge in [0, 0.05) is 19.0 Å². The highest BCUT2D eigenvalue weighted by atomic mass is 16.6. The predicted molar refractivity (Wildman–Crippen MR) is 135 cm³/mol. The van der Waals surface area contributed by atoms with E-state index in [2.05, 4.69) is 10.6 Å². The van der Waals surface area contributed by atoms with Crippen LogP contribution in [0, 0.1) is 0 Å². The summed E-state index contributed by atoms with van der Waals surface area (Å²) in [5.41, 5.74) is 4.99. The van der Waals surface area contributed by atoms with Crippen molar-refractivity contribution in [2.45, 2.75) is 96.4 Å². The van der Waals surface area contributed by atoms with Crippen LogP contribution in [0.1, 0.15) is 84.2 Å². The van der Waals surface area contributed by atoms with Gasteiger partial charge in [0.05, 0.1) is 0 Å². The maximum Gasteiger partial charge on any atom is 0.408 e. The third-order valence-corrected chi connectivity index (χ3v) is 5.93. The number of nitrogens with two attached hydrogens (primary N) is 1. The fraction of sp³-hybridized carbons (Fsp3) is 0.615. The number of rotatable bonds is 12. The standard InChI is InChI=1S/C26H40N4O6/c1-5-6-15-28-23(33)22(17-9-7-12-19(31)16-17)30(18-10-8-11-18)24(34)20(13-14-21(27)32)29-25(35)36-26(2,3)4/h7,9,12,16,18,20,22,31H,5-6,8,10-11,13-15H2,1-4H3,(H2,27,32)(H,28,33)(H,29,35). The molecule has 5 N–H and O–H groups in total. The van der Waals surface area contributed by atoms with Crippen LogP contribution in [-0.4, -0.2) is 58.1 Å². The molecule has 0 aliphatic heterocycles. The zero-order valence-electron chi connectivity index (χ0n) is 21.7. The van der Waals surface area contributed by atoms with Crippen LogP contribution < -0.4 is 16.4 Å². The molecule has 0 saturated heterocycles. The average Bonchev–Trinajstić information content (AvgIpc) is 2.73. The quantitative estimate of drug-likeness (QED) is 0.321. The summed E-state index contributed by atoms with van der Waals surface area (Å²) in [5, 5.41) is 15.6. The number of carbonyl (C=O) groups excluding carboxylic acids is 4. The van der Waals surface area contributed by atoms with Gasteiger partial charge in [-0.2, -0.15) is 0 Å². The SMILES string of the molecule is CCCCNC(=O)C(c1cccc(O)c1)N(C(=O)C(CCC(N)=O)NC(=O)OC(C)(C)C)C1CCC1. The highest BCUT2D eigenvalue weighted by Crippen LogP contribution is 2.35. The van der Waals surface area contributed by atoms with E-state index in [0.717, 1.165) is 19.3 Å². The number of unbranched alkanes of at least 4 members (excludes halogenated alkanes) is 1. The van der Waals surface area contributed by atoms with E-state index < -0.39 is 35.6 Å². The number of nitrogens with one attached hydrogen (secondary N) is 2. The largest absolute Gasteiger partial charge is 0.508 e. The number of carbonyl (C=O) groups is 4. The lowest BCUT2D eigenvalue weighted by Crippen LogP contribution is -2.57. The van der Waals surface area contributed by atoms with Crippen molar-refractivity contribution in [2.24, 2.45) is 5.73 Å². The minimum Gasteiger partial charge on any atom is -0.508 e. The minimum absolute atomic E-state index is 0.0305. The summed E-state index contributed by atoms with van der Waals surface area (Å²) in [6.45, 7) is 7.55. The predicted octanol–water partition coefficient (Wildman–Crippen LogP) is 2.89. The van der Waals surface area contributed by atoms with Crippen molar-refractivity contribution in [3.63, 3.8) is 0 Å². The van der Waals surface area contributed by atoms with E-state index in [1.807, 2.05) is 6.92 Å². The first kappa shape index (κ1) is 28.9. The van der Waals surface area contributed by atoms with Gasteiger partial charge in [-0.15, -0.1) is 0 Å². The highest BCUT2D eigenvalue weighted by Gasteiger charge is 2.42. The minimum atomic E-state index is -1.13. The Balaban J connectivity index is 2.45. The second-order valence-electron chi connectivity index (χ2n) is 10.2. The van der Waals surface area contributed by atoms with Crippen molar-refractivity contribution in [3.8, 4) is 5.75 Å². The number of hydrogen-bond acceptors (Lipinski definition) is 6. The molecule has 36 heavy (non-hydrogen) atoms. The Morgan fingerprint density at radius 1 is 1.22 bits per heavy atom. The van der Waals surface area contributed by atoms with Crippen LogP contribution in [0.5, 0.6) is 5.75 Å². The first-order valence-corrected chi connectivity index (χ1v) is 12.6. The van der Waals surface area contributed by atoms with E-state index in [9.17, 15) is 24.3 Å². The number of phenolic OH excluding ortho intramolecular Hbond substituents is 1. The molecule has 0 bridgehead atoms. The summed E-state index contributed by atoms with van der Waals surface area (Å²) < 4.78 is 5.33. The molecule has 2 unspecified atom stereocenters. The Morgan fingerprint density at radius 3 is 2.44 bits per heavy atom. The zero-order chi connectivity index (χ0) is 26.9. The molecule has 0 aromatic heterocycles. The number of phenols is 1. The zero-order valence-corrected chi connectivity index (χ0v) is 21.7. The summed E-state index contributed by atoms with van der Waals surface area (Å²) in [4.78, 5) is 53.0. The Kier molecular flexibility index (Phi) is 10.6. The van der Waals surface area contributed by atoms with Crippen LogP contribution in [0.15, 0.2) is 24.3 Å². The average molecular weight is 505 g/mol. The first-order valence-electron chi connectivity index (χ1n) is 12.6. The third kappa shape index (κ3) is 8.73. The van der Waals surface area contributed by atoms with Gasteiger partial charge in [-0.25, -0.2) is 4.79 Å². The molecule has 1 fully saturated rings. The van der Waals surface area contributed by atoms with Crippen molar-refractivity contribution in [1.82, 2.24) is 15.5 Å². The number of alkyl carbamates (subject to hydrolysis) is 1. The number of hydrogen-bond donors (Lipinski definition) is 4. The molecule has 0 radical (unpaired) electrons. The topological polar surface area (TPSA) is 151 Å². The van der Waals surface area contributed by atoms with E-state index in [0.29, 0.717) is 24.9 Å². The fourth-order valence-electron chi connectivity index (χ4n) is 3.97. The van der Waals surface area contributed by atoms with Crippen LogP contribution in [0.4, 0.5) is 4.79 Å². The maximum atomic E-state index is 14.0. The molecule has 10 heteroatoms. The number of nitrogens with zero attached hydrogens (tertiary/aromatic N) is 1. The summed E-state index contributed by atoms with van der Waals surface area (Å²) in [6.07, 6.45) is 2.96. The molecular weight excluding hydrogens is 464 g/mol. The molecule has 1 saturated carbocycles. The van der Waals surface area contributed by atoms with E-state index >= 15 is 0 Å². The molecule has 1 aliphatic rings. The monoisotopic (exact) mass is 504 g/mol. The van der Waals surface area contributed by atoms with Crippen LogP contribution in [0.25, 0.3) is 0 Å². The smallest absolute Gasteiger partial charge is 0.408 e. The normalized spacial score (nSPS) is 15.2. The fourth-order valence-corrected chi connectivity index (χ4v) is 3.97. The summed E-state index contributed by atoms with van der Waals surface area (Å²) >= 11 is 0. The van der Waals surface area contributed by atoms with E-state index in [4.69, 9.17) is 10.5 Å². The van der Waals surface area contributed by atoms with Crippen molar-refractivity contribution in [3.05, 3.63) is 29.8 Å². The van der Waals surface area contributed by atoms with Gasteiger partial charge in [-0.1, -0.05) is 25.5 Å². The number of ether oxygens (including phenoxy) is 1. The van der Waals surface area contributed by atoms with Crippen molar-refractivity contribution < 1.29 is 29.0 Å². The Hall–Kier alpha value is -3.30. The van der Waals surface area contributed by atoms with Gasteiger partial charge >= 0.3 is 6.09 Å². The van der Waals surface area contributed by atoms with Crippen LogP contribution in [0.3, 0.4) is 0 Å². The van der Waals surface area contributed by atoms with Gasteiger partial charge < -0.3 is 31.1 Å². The molecule has 200 valence electrons. The van der Waals surface area contributed by atoms with Crippen molar-refractivity contribution in [1.29, 1.82) is 0 Å². The van der Waals surface area contributed by atoms with Gasteiger partial charge in [0.1, 0.15) is 23.4 Å². The molecule has 1 aliphatic carbocycles. The number of aromatic hydroxyl groups is 1. The molecule has 2 atom stereocenters. The maximum absolute atomic E-state index is 14.0. The highest BCUT2D eigenvalue weighted by molar-refractivity contribution is 5.92. The molecule has 1 aromatic carbocycles. The van der Waals surface area contributed by atoms with Crippen LogP contribution in [0.2, 0.25) is 0 Å². The van der Waals surface area contributed by atoms with Crippen LogP contribution in [-0.2, 0) is 19.1 Å². The summed E-state index contributed by atoms with van der Waals surface area (Å²) in [5.74, 6) is -1.53. The van der Waals surface area contributed by atoms with E-state index in [-0.39, 0.29) is 30.5 Å². The number of primary amides is 1. The van der Waals surface area contributed by atoms with Crippen molar-refractivity contribution >= 4 is 23.8 Å². The number of benzene rings is 1. The second-order valence-corrected chi connectivity index (χ2v) is 10.2. The molecule has 10 nitrogen and oxygen atoms in total. The second kappa shape index (κ2) is 13.1. The first-order chi connectivity index (χ1) is 16.9. The molecule has 4 amide bonds. The molecule has 1 aromatic rings. The Labute approximate surface area is 212 Å². The molecule has 0 spiro atoms. The van der Waals surface area contributed by atoms with Gasteiger partial charge in [0.25, 0.3) is 0 Å². The summed E-state index contributed by atoms with van der Waals surface area (Å²) in [7, 11) is 0. The number of amides is 4. The molecule has 2 rings (SSSR count). The van der Waals surface area contributed by atoms with Gasteiger partial charge in [-0.3, -0.25) is 14.4 Å². The third-order valence-electron chi connectivity index (χ3n) is 5.93. The molecule has 0 heterocycles. The van der Waals surface area contributed by atoms with Crippen LogP contribution >= 0.6 is 0 Å². The lowest BCUT2D eigenvalue weighted by Gasteiger charge is -2.43. The van der Waals surface area contributed by atoms with E-state index in [1.54, 1.807) is 32.9 Å². The van der Waals surface area contributed by atoms with E-state index in [1.165, 1.54) is 17.0 Å². The van der Waals surface area contributed by atoms with Gasteiger partial charge in [0.2, 0.25) is 17.7 Å². The lowest BCUT2D eigenvalue weighted by atomic mass is 9.87. The Bertz CT molecular complexity index is 925. The molecular formula is C26H40N4O6. The Morgan fingerprint density at radius 2 is 1.92 bits per heavy atom.